The van der Waals surface area contributed by atoms with Crippen LogP contribution in [0.4, 0.5) is 5.69 Å². The van der Waals surface area contributed by atoms with Gasteiger partial charge in [-0.2, -0.15) is 0 Å². The molecule has 2 fully saturated rings. The summed E-state index contributed by atoms with van der Waals surface area (Å²) in [4.78, 5) is 29.9. The molecule has 0 radical (unpaired) electrons. The van der Waals surface area contributed by atoms with Gasteiger partial charge in [-0.1, -0.05) is 36.4 Å². The Bertz CT molecular complexity index is 864. The van der Waals surface area contributed by atoms with Gasteiger partial charge in [-0.25, -0.2) is 0 Å². The maximum atomic E-state index is 13.3. The Labute approximate surface area is 172 Å². The second-order valence-corrected chi connectivity index (χ2v) is 8.31. The van der Waals surface area contributed by atoms with Crippen molar-refractivity contribution in [2.24, 2.45) is 5.92 Å². The molecule has 1 atom stereocenters. The van der Waals surface area contributed by atoms with Crippen LogP contribution in [0, 0.1) is 19.8 Å². The third-order valence-electron chi connectivity index (χ3n) is 5.77. The van der Waals surface area contributed by atoms with Crippen LogP contribution in [-0.2, 0) is 9.59 Å². The number of rotatable bonds is 5. The van der Waals surface area contributed by atoms with Crippen molar-refractivity contribution in [3.63, 3.8) is 0 Å². The first-order valence-electron chi connectivity index (χ1n) is 10.5. The number of benzene rings is 2. The van der Waals surface area contributed by atoms with Gasteiger partial charge in [-0.05, 0) is 55.5 Å². The molecule has 0 unspecified atom stereocenters. The van der Waals surface area contributed by atoms with Crippen molar-refractivity contribution in [3.05, 3.63) is 65.2 Å². The summed E-state index contributed by atoms with van der Waals surface area (Å²) in [5.41, 5.74) is 4.07. The Morgan fingerprint density at radius 1 is 0.931 bits per heavy atom. The number of nitrogens with one attached hydrogen (secondary N) is 1. The van der Waals surface area contributed by atoms with E-state index in [1.807, 2.05) is 61.2 Å². The highest BCUT2D eigenvalue weighted by atomic mass is 16.2. The van der Waals surface area contributed by atoms with Crippen LogP contribution in [0.2, 0.25) is 0 Å². The van der Waals surface area contributed by atoms with Gasteiger partial charge < -0.3 is 10.2 Å². The molecular formula is C24H29N3O2. The number of nitrogens with zero attached hydrogens (tertiary/aromatic N) is 2. The number of hydrogen-bond donors (Lipinski definition) is 1. The average molecular weight is 392 g/mol. The summed E-state index contributed by atoms with van der Waals surface area (Å²) >= 11 is 0. The minimum atomic E-state index is -0.366. The molecule has 5 nitrogen and oxygen atoms in total. The van der Waals surface area contributed by atoms with Gasteiger partial charge in [0.05, 0.1) is 0 Å². The first kappa shape index (κ1) is 19.6. The van der Waals surface area contributed by atoms with Crippen LogP contribution in [0.1, 0.15) is 35.6 Å². The lowest BCUT2D eigenvalue weighted by Gasteiger charge is -2.39. The minimum Gasteiger partial charge on any atom is -0.340 e. The zero-order valence-electron chi connectivity index (χ0n) is 17.2. The number of anilines is 1. The van der Waals surface area contributed by atoms with E-state index < -0.39 is 0 Å². The fourth-order valence-electron chi connectivity index (χ4n) is 4.21. The number of carbonyl (C=O) groups excluding carboxylic acids is 2. The predicted octanol–water partition coefficient (Wildman–Crippen LogP) is 3.54. The molecule has 0 spiro atoms. The van der Waals surface area contributed by atoms with Crippen molar-refractivity contribution < 1.29 is 9.59 Å². The summed E-state index contributed by atoms with van der Waals surface area (Å²) < 4.78 is 0. The second kappa shape index (κ2) is 8.37. The summed E-state index contributed by atoms with van der Waals surface area (Å²) in [6.45, 7) is 6.86. The Balaban J connectivity index is 1.51. The summed E-state index contributed by atoms with van der Waals surface area (Å²) in [6, 6.07) is 15.7. The predicted molar refractivity (Wildman–Crippen MR) is 115 cm³/mol. The molecule has 1 heterocycles. The van der Waals surface area contributed by atoms with E-state index >= 15 is 0 Å². The van der Waals surface area contributed by atoms with E-state index in [4.69, 9.17) is 0 Å². The molecule has 2 amide bonds. The zero-order chi connectivity index (χ0) is 20.4. The maximum absolute atomic E-state index is 13.3. The molecule has 2 aromatic rings. The summed E-state index contributed by atoms with van der Waals surface area (Å²) in [6.07, 6.45) is 2.06. The first-order chi connectivity index (χ1) is 14.0. The normalized spacial score (nSPS) is 18.3. The molecule has 0 bridgehead atoms. The van der Waals surface area contributed by atoms with Crippen LogP contribution in [0.25, 0.3) is 0 Å². The topological polar surface area (TPSA) is 52.7 Å². The van der Waals surface area contributed by atoms with Crippen LogP contribution in [0.3, 0.4) is 0 Å². The van der Waals surface area contributed by atoms with Crippen LogP contribution in [-0.4, -0.2) is 47.8 Å². The standard InChI is InChI=1S/C24H29N3O2/c1-17-14-18(2)16-21(15-17)25-23(28)22(19-6-4-3-5-7-19)26-10-12-27(13-11-26)24(29)20-8-9-20/h3-7,14-16,20,22H,8-13H2,1-2H3,(H,25,28)/t22-/m0/s1. The van der Waals surface area contributed by atoms with E-state index in [1.165, 1.54) is 0 Å². The van der Waals surface area contributed by atoms with E-state index in [2.05, 4.69) is 16.3 Å². The molecule has 1 saturated heterocycles. The highest BCUT2D eigenvalue weighted by Gasteiger charge is 2.36. The molecule has 1 N–H and O–H groups in total. The van der Waals surface area contributed by atoms with Gasteiger partial charge >= 0.3 is 0 Å². The highest BCUT2D eigenvalue weighted by molar-refractivity contribution is 5.95. The van der Waals surface area contributed by atoms with Crippen molar-refractivity contribution >= 4 is 17.5 Å². The van der Waals surface area contributed by atoms with Crippen LogP contribution in [0.15, 0.2) is 48.5 Å². The molecule has 2 aromatic carbocycles. The number of aryl methyl sites for hydroxylation is 2. The lowest BCUT2D eigenvalue weighted by atomic mass is 10.0. The van der Waals surface area contributed by atoms with Gasteiger partial charge in [0.1, 0.15) is 6.04 Å². The van der Waals surface area contributed by atoms with Gasteiger partial charge in [0.2, 0.25) is 11.8 Å². The third-order valence-corrected chi connectivity index (χ3v) is 5.77. The van der Waals surface area contributed by atoms with Crippen molar-refractivity contribution in [2.45, 2.75) is 32.7 Å². The number of piperazine rings is 1. The molecule has 1 aliphatic heterocycles. The Morgan fingerprint density at radius 2 is 1.55 bits per heavy atom. The Hall–Kier alpha value is -2.66. The lowest BCUT2D eigenvalue weighted by Crippen LogP contribution is -2.52. The smallest absolute Gasteiger partial charge is 0.246 e. The van der Waals surface area contributed by atoms with E-state index in [0.717, 1.165) is 35.2 Å². The van der Waals surface area contributed by atoms with Crippen molar-refractivity contribution in [2.75, 3.05) is 31.5 Å². The quantitative estimate of drug-likeness (QED) is 0.848. The third kappa shape index (κ3) is 4.67. The van der Waals surface area contributed by atoms with Gasteiger partial charge in [-0.15, -0.1) is 0 Å². The molecule has 5 heteroatoms. The fraction of sp³-hybridized carbons (Fsp3) is 0.417. The zero-order valence-corrected chi connectivity index (χ0v) is 17.2. The fourth-order valence-corrected chi connectivity index (χ4v) is 4.21. The first-order valence-corrected chi connectivity index (χ1v) is 10.5. The molecular weight excluding hydrogens is 362 g/mol. The average Bonchev–Trinajstić information content (AvgIpc) is 3.53. The molecule has 1 saturated carbocycles. The van der Waals surface area contributed by atoms with Crippen LogP contribution in [0.5, 0.6) is 0 Å². The second-order valence-electron chi connectivity index (χ2n) is 8.31. The molecule has 1 aliphatic carbocycles. The van der Waals surface area contributed by atoms with E-state index in [1.54, 1.807) is 0 Å². The number of amides is 2. The van der Waals surface area contributed by atoms with Crippen molar-refractivity contribution in [1.82, 2.24) is 9.80 Å². The minimum absolute atomic E-state index is 0.0248. The number of hydrogen-bond acceptors (Lipinski definition) is 3. The monoisotopic (exact) mass is 391 g/mol. The van der Waals surface area contributed by atoms with Crippen LogP contribution >= 0.6 is 0 Å². The maximum Gasteiger partial charge on any atom is 0.246 e. The molecule has 29 heavy (non-hydrogen) atoms. The molecule has 2 aliphatic rings. The van der Waals surface area contributed by atoms with E-state index in [9.17, 15) is 9.59 Å². The van der Waals surface area contributed by atoms with E-state index in [0.29, 0.717) is 32.1 Å². The summed E-state index contributed by atoms with van der Waals surface area (Å²) in [5, 5.41) is 3.12. The van der Waals surface area contributed by atoms with E-state index in [-0.39, 0.29) is 17.9 Å². The Kier molecular flexibility index (Phi) is 5.67. The van der Waals surface area contributed by atoms with Gasteiger partial charge in [0.15, 0.2) is 0 Å². The lowest BCUT2D eigenvalue weighted by molar-refractivity contribution is -0.135. The van der Waals surface area contributed by atoms with Gasteiger partial charge in [-0.3, -0.25) is 14.5 Å². The van der Waals surface area contributed by atoms with Crippen molar-refractivity contribution in [3.8, 4) is 0 Å². The van der Waals surface area contributed by atoms with Gasteiger partial charge in [0, 0.05) is 37.8 Å². The number of carbonyl (C=O) groups is 2. The molecule has 4 rings (SSSR count). The largest absolute Gasteiger partial charge is 0.340 e. The Morgan fingerprint density at radius 3 is 2.14 bits per heavy atom. The molecule has 0 aromatic heterocycles. The summed E-state index contributed by atoms with van der Waals surface area (Å²) in [7, 11) is 0. The highest BCUT2D eigenvalue weighted by Crippen LogP contribution is 2.32. The molecule has 152 valence electrons. The SMILES string of the molecule is Cc1cc(C)cc(NC(=O)[C@H](c2ccccc2)N2CCN(C(=O)C3CC3)CC2)c1. The van der Waals surface area contributed by atoms with Crippen molar-refractivity contribution in [1.29, 1.82) is 0 Å². The summed E-state index contributed by atoms with van der Waals surface area (Å²) in [5.74, 6) is 0.517. The van der Waals surface area contributed by atoms with Crippen LogP contribution < -0.4 is 5.32 Å². The van der Waals surface area contributed by atoms with Gasteiger partial charge in [0.25, 0.3) is 0 Å².